The van der Waals surface area contributed by atoms with Crippen LogP contribution in [0.15, 0.2) is 47.5 Å². The number of nitrogens with zero attached hydrogens (tertiary/aromatic N) is 2. The number of ether oxygens (including phenoxy) is 1. The zero-order chi connectivity index (χ0) is 16.4. The highest BCUT2D eigenvalue weighted by Crippen LogP contribution is 2.34. The SMILES string of the molecule is O=C1CSc2cccnc2N1Cc1cccc(OC(F)(F)F)c1. The van der Waals surface area contributed by atoms with Gasteiger partial charge in [0.2, 0.25) is 5.91 Å². The smallest absolute Gasteiger partial charge is 0.406 e. The van der Waals surface area contributed by atoms with Gasteiger partial charge >= 0.3 is 6.36 Å². The van der Waals surface area contributed by atoms with Crippen LogP contribution in [0.2, 0.25) is 0 Å². The van der Waals surface area contributed by atoms with Gasteiger partial charge in [0, 0.05) is 6.20 Å². The summed E-state index contributed by atoms with van der Waals surface area (Å²) in [7, 11) is 0. The third-order valence-electron chi connectivity index (χ3n) is 3.13. The lowest BCUT2D eigenvalue weighted by Crippen LogP contribution is -2.35. The summed E-state index contributed by atoms with van der Waals surface area (Å²) in [5.41, 5.74) is 0.531. The molecular formula is C15H11F3N2O2S. The van der Waals surface area contributed by atoms with Crippen LogP contribution in [0, 0.1) is 0 Å². The first-order chi connectivity index (χ1) is 10.9. The van der Waals surface area contributed by atoms with E-state index in [2.05, 4.69) is 9.72 Å². The zero-order valence-electron chi connectivity index (χ0n) is 11.7. The van der Waals surface area contributed by atoms with Gasteiger partial charge in [0.1, 0.15) is 11.6 Å². The lowest BCUT2D eigenvalue weighted by atomic mass is 10.2. The molecule has 120 valence electrons. The van der Waals surface area contributed by atoms with E-state index in [9.17, 15) is 18.0 Å². The Labute approximate surface area is 134 Å². The Morgan fingerprint density at radius 2 is 2.09 bits per heavy atom. The number of halogens is 3. The van der Waals surface area contributed by atoms with Gasteiger partial charge in [-0.2, -0.15) is 0 Å². The molecule has 0 aliphatic carbocycles. The molecule has 1 amide bonds. The first-order valence-electron chi connectivity index (χ1n) is 6.65. The summed E-state index contributed by atoms with van der Waals surface area (Å²) in [5, 5.41) is 0. The second-order valence-electron chi connectivity index (χ2n) is 4.79. The van der Waals surface area contributed by atoms with Gasteiger partial charge in [-0.05, 0) is 29.8 Å². The van der Waals surface area contributed by atoms with Crippen molar-refractivity contribution in [3.05, 3.63) is 48.2 Å². The van der Waals surface area contributed by atoms with Crippen LogP contribution in [-0.2, 0) is 11.3 Å². The van der Waals surface area contributed by atoms with Gasteiger partial charge in [-0.15, -0.1) is 24.9 Å². The molecule has 0 N–H and O–H groups in total. The van der Waals surface area contributed by atoms with Crippen molar-refractivity contribution >= 4 is 23.5 Å². The fraction of sp³-hybridized carbons (Fsp3) is 0.200. The van der Waals surface area contributed by atoms with Crippen molar-refractivity contribution in [1.82, 2.24) is 4.98 Å². The lowest BCUT2D eigenvalue weighted by Gasteiger charge is -2.27. The van der Waals surface area contributed by atoms with Gasteiger partial charge in [-0.25, -0.2) is 4.98 Å². The number of rotatable bonds is 3. The number of benzene rings is 1. The topological polar surface area (TPSA) is 42.4 Å². The number of anilines is 1. The first kappa shape index (κ1) is 15.7. The molecule has 4 nitrogen and oxygen atoms in total. The number of hydrogen-bond donors (Lipinski definition) is 0. The van der Waals surface area contributed by atoms with Crippen LogP contribution in [0.5, 0.6) is 5.75 Å². The maximum Gasteiger partial charge on any atom is 0.573 e. The summed E-state index contributed by atoms with van der Waals surface area (Å²) < 4.78 is 40.8. The maximum absolute atomic E-state index is 12.3. The van der Waals surface area contributed by atoms with Gasteiger partial charge < -0.3 is 4.74 Å². The van der Waals surface area contributed by atoms with Gasteiger partial charge in [-0.1, -0.05) is 12.1 Å². The minimum atomic E-state index is -4.75. The fourth-order valence-corrected chi connectivity index (χ4v) is 3.12. The Bertz CT molecular complexity index is 737. The van der Waals surface area contributed by atoms with Gasteiger partial charge in [0.25, 0.3) is 0 Å². The summed E-state index contributed by atoms with van der Waals surface area (Å²) in [6.07, 6.45) is -3.17. The number of carbonyl (C=O) groups excluding carboxylic acids is 1. The molecular weight excluding hydrogens is 329 g/mol. The fourth-order valence-electron chi connectivity index (χ4n) is 2.22. The Hall–Kier alpha value is -2.22. The van der Waals surface area contributed by atoms with Crippen LogP contribution in [0.3, 0.4) is 0 Å². The molecule has 2 heterocycles. The Morgan fingerprint density at radius 1 is 1.26 bits per heavy atom. The molecule has 8 heteroatoms. The van der Waals surface area contributed by atoms with E-state index in [4.69, 9.17) is 0 Å². The lowest BCUT2D eigenvalue weighted by molar-refractivity contribution is -0.274. The molecule has 3 rings (SSSR count). The number of hydrogen-bond acceptors (Lipinski definition) is 4. The van der Waals surface area contributed by atoms with Crippen molar-refractivity contribution in [2.24, 2.45) is 0 Å². The molecule has 23 heavy (non-hydrogen) atoms. The summed E-state index contributed by atoms with van der Waals surface area (Å²) in [6.45, 7) is 0.137. The van der Waals surface area contributed by atoms with E-state index in [1.807, 2.05) is 6.07 Å². The maximum atomic E-state index is 12.3. The molecule has 0 radical (unpaired) electrons. The number of carbonyl (C=O) groups is 1. The second-order valence-corrected chi connectivity index (χ2v) is 5.81. The molecule has 1 aliphatic rings. The van der Waals surface area contributed by atoms with E-state index in [1.165, 1.54) is 34.9 Å². The second kappa shape index (κ2) is 6.11. The number of amides is 1. The van der Waals surface area contributed by atoms with Crippen molar-refractivity contribution in [3.63, 3.8) is 0 Å². The summed E-state index contributed by atoms with van der Waals surface area (Å²) in [6, 6.07) is 9.22. The Morgan fingerprint density at radius 3 is 2.87 bits per heavy atom. The van der Waals surface area contributed by atoms with Gasteiger partial charge in [0.05, 0.1) is 17.2 Å². The molecule has 0 saturated carbocycles. The molecule has 0 fully saturated rings. The van der Waals surface area contributed by atoms with Crippen LogP contribution in [0.25, 0.3) is 0 Å². The third-order valence-corrected chi connectivity index (χ3v) is 4.15. The molecule has 0 bridgehead atoms. The predicted molar refractivity (Wildman–Crippen MR) is 79.3 cm³/mol. The molecule has 1 aliphatic heterocycles. The molecule has 1 aromatic heterocycles. The highest BCUT2D eigenvalue weighted by atomic mass is 32.2. The van der Waals surface area contributed by atoms with Crippen LogP contribution in [0.4, 0.5) is 19.0 Å². The normalized spacial score (nSPS) is 14.6. The Balaban J connectivity index is 1.85. The minimum absolute atomic E-state index is 0.136. The van der Waals surface area contributed by atoms with E-state index < -0.39 is 6.36 Å². The largest absolute Gasteiger partial charge is 0.573 e. The summed E-state index contributed by atoms with van der Waals surface area (Å²) in [5.74, 6) is 0.353. The van der Waals surface area contributed by atoms with E-state index >= 15 is 0 Å². The van der Waals surface area contributed by atoms with Crippen molar-refractivity contribution in [2.75, 3.05) is 10.7 Å². The minimum Gasteiger partial charge on any atom is -0.406 e. The first-order valence-corrected chi connectivity index (χ1v) is 7.64. The zero-order valence-corrected chi connectivity index (χ0v) is 12.5. The summed E-state index contributed by atoms with van der Waals surface area (Å²) >= 11 is 1.39. The van der Waals surface area contributed by atoms with Crippen LogP contribution in [-0.4, -0.2) is 23.0 Å². The molecule has 2 aromatic rings. The molecule has 1 aromatic carbocycles. The van der Waals surface area contributed by atoms with E-state index in [1.54, 1.807) is 18.3 Å². The predicted octanol–water partition coefficient (Wildman–Crippen LogP) is 3.62. The number of pyridine rings is 1. The van der Waals surface area contributed by atoms with Crippen molar-refractivity contribution in [1.29, 1.82) is 0 Å². The number of alkyl halides is 3. The van der Waals surface area contributed by atoms with Crippen molar-refractivity contribution in [2.45, 2.75) is 17.8 Å². The average Bonchev–Trinajstić information content (AvgIpc) is 2.49. The van der Waals surface area contributed by atoms with Gasteiger partial charge in [-0.3, -0.25) is 9.69 Å². The monoisotopic (exact) mass is 340 g/mol. The van der Waals surface area contributed by atoms with Crippen LogP contribution >= 0.6 is 11.8 Å². The van der Waals surface area contributed by atoms with Crippen LogP contribution in [0.1, 0.15) is 5.56 Å². The highest BCUT2D eigenvalue weighted by molar-refractivity contribution is 8.00. The van der Waals surface area contributed by atoms with E-state index in [0.717, 1.165) is 4.90 Å². The third kappa shape index (κ3) is 3.76. The quantitative estimate of drug-likeness (QED) is 0.856. The standard InChI is InChI=1S/C15H11F3N2O2S/c16-15(17,18)22-11-4-1-3-10(7-11)8-20-13(21)9-23-12-5-2-6-19-14(12)20/h1-7H,8-9H2. The Kier molecular flexibility index (Phi) is 4.16. The van der Waals surface area contributed by atoms with E-state index in [-0.39, 0.29) is 24.0 Å². The average molecular weight is 340 g/mol. The number of aromatic nitrogens is 1. The van der Waals surface area contributed by atoms with Crippen molar-refractivity contribution < 1.29 is 22.7 Å². The van der Waals surface area contributed by atoms with Crippen LogP contribution < -0.4 is 9.64 Å². The number of fused-ring (bicyclic) bond motifs is 1. The van der Waals surface area contributed by atoms with Crippen molar-refractivity contribution in [3.8, 4) is 5.75 Å². The molecule has 0 spiro atoms. The molecule has 0 atom stereocenters. The molecule has 0 saturated heterocycles. The highest BCUT2D eigenvalue weighted by Gasteiger charge is 2.31. The summed E-state index contributed by atoms with van der Waals surface area (Å²) in [4.78, 5) is 18.7. The van der Waals surface area contributed by atoms with Gasteiger partial charge in [0.15, 0.2) is 0 Å². The molecule has 0 unspecified atom stereocenters. The van der Waals surface area contributed by atoms with E-state index in [0.29, 0.717) is 11.4 Å². The number of thioether (sulfide) groups is 1.